The molecular weight excluding hydrogens is 707 g/mol. The quantitative estimate of drug-likeness (QED) is 0.164. The molecule has 3 aliphatic rings. The van der Waals surface area contributed by atoms with Crippen LogP contribution in [0.5, 0.6) is 0 Å². The van der Waals surface area contributed by atoms with Crippen LogP contribution in [0.4, 0.5) is 17.1 Å². The molecule has 0 amide bonds. The molecule has 0 N–H and O–H groups in total. The van der Waals surface area contributed by atoms with Crippen molar-refractivity contribution in [2.75, 3.05) is 4.90 Å². The number of thiophene rings is 1. The molecule has 12 rings (SSSR count). The lowest BCUT2D eigenvalue weighted by molar-refractivity contribution is 0.327. The lowest BCUT2D eigenvalue weighted by Crippen LogP contribution is -2.32. The third kappa shape index (κ3) is 5.00. The zero-order valence-electron chi connectivity index (χ0n) is 31.7. The molecule has 3 unspecified atom stereocenters. The van der Waals surface area contributed by atoms with E-state index < -0.39 is 0 Å². The van der Waals surface area contributed by atoms with E-state index in [0.717, 1.165) is 5.92 Å². The van der Waals surface area contributed by atoms with E-state index in [9.17, 15) is 0 Å². The van der Waals surface area contributed by atoms with Gasteiger partial charge in [0.1, 0.15) is 0 Å². The molecule has 2 saturated carbocycles. The van der Waals surface area contributed by atoms with Crippen LogP contribution in [0.3, 0.4) is 0 Å². The predicted molar refractivity (Wildman–Crippen MR) is 242 cm³/mol. The summed E-state index contributed by atoms with van der Waals surface area (Å²) in [6, 6.07) is 70.5. The van der Waals surface area contributed by atoms with Gasteiger partial charge in [-0.05, 0) is 124 Å². The maximum Gasteiger partial charge on any atom is 0.0540 e. The molecule has 272 valence electrons. The van der Waals surface area contributed by atoms with Crippen LogP contribution >= 0.6 is 11.3 Å². The molecule has 1 heterocycles. The molecule has 9 aromatic rings. The third-order valence-corrected chi connectivity index (χ3v) is 14.7. The van der Waals surface area contributed by atoms with Crippen molar-refractivity contribution < 1.29 is 0 Å². The first kappa shape index (κ1) is 33.0. The number of para-hydroxylation sites is 1. The van der Waals surface area contributed by atoms with Gasteiger partial charge in [-0.25, -0.2) is 0 Å². The molecule has 1 nitrogen and oxygen atoms in total. The average molecular weight is 748 g/mol. The van der Waals surface area contributed by atoms with Crippen molar-refractivity contribution >= 4 is 48.6 Å². The normalized spacial score (nSPS) is 19.0. The Kier molecular flexibility index (Phi) is 7.47. The summed E-state index contributed by atoms with van der Waals surface area (Å²) in [6.07, 6.45) is 5.33. The fourth-order valence-corrected chi connectivity index (χ4v) is 12.3. The zero-order valence-corrected chi connectivity index (χ0v) is 32.6. The number of benzene rings is 8. The molecule has 1 aromatic heterocycles. The highest BCUT2D eigenvalue weighted by Crippen LogP contribution is 2.66. The Balaban J connectivity index is 1.09. The number of hydrogen-bond acceptors (Lipinski definition) is 2. The SMILES string of the molecule is c1ccc(-c2ccccc2-c2ccccc2-c2ccccc2N(c2ccc3c(c2)C2(CC4CCC2C4)c2ccccc2-3)c2ccc3sc4ccccc4c3c2)cc1. The van der Waals surface area contributed by atoms with Gasteiger partial charge in [-0.3, -0.25) is 0 Å². The van der Waals surface area contributed by atoms with E-state index in [-0.39, 0.29) is 5.41 Å². The van der Waals surface area contributed by atoms with Crippen molar-refractivity contribution in [1.82, 2.24) is 0 Å². The summed E-state index contributed by atoms with van der Waals surface area (Å²) in [5.74, 6) is 1.52. The van der Waals surface area contributed by atoms with Crippen LogP contribution in [0.2, 0.25) is 0 Å². The molecule has 3 aliphatic carbocycles. The third-order valence-electron chi connectivity index (χ3n) is 13.6. The summed E-state index contributed by atoms with van der Waals surface area (Å²) >= 11 is 1.88. The van der Waals surface area contributed by atoms with Crippen molar-refractivity contribution in [2.45, 2.75) is 31.1 Å². The van der Waals surface area contributed by atoms with Crippen molar-refractivity contribution in [2.24, 2.45) is 11.8 Å². The van der Waals surface area contributed by atoms with E-state index in [1.54, 1.807) is 5.56 Å². The highest BCUT2D eigenvalue weighted by atomic mass is 32.1. The lowest BCUT2D eigenvalue weighted by atomic mass is 9.67. The molecule has 2 bridgehead atoms. The summed E-state index contributed by atoms with van der Waals surface area (Å²) < 4.78 is 2.65. The topological polar surface area (TPSA) is 3.24 Å². The summed E-state index contributed by atoms with van der Waals surface area (Å²) in [5.41, 5.74) is 17.0. The van der Waals surface area contributed by atoms with Crippen molar-refractivity contribution in [3.63, 3.8) is 0 Å². The van der Waals surface area contributed by atoms with Crippen LogP contribution in [0.25, 0.3) is 64.7 Å². The van der Waals surface area contributed by atoms with E-state index in [4.69, 9.17) is 0 Å². The second-order valence-corrected chi connectivity index (χ2v) is 17.5. The van der Waals surface area contributed by atoms with Crippen LogP contribution in [-0.4, -0.2) is 0 Å². The van der Waals surface area contributed by atoms with Gasteiger partial charge in [-0.1, -0.05) is 152 Å². The predicted octanol–water partition coefficient (Wildman–Crippen LogP) is 15.6. The maximum atomic E-state index is 2.60. The zero-order chi connectivity index (χ0) is 37.5. The Hall–Kier alpha value is -6.22. The minimum Gasteiger partial charge on any atom is -0.310 e. The second-order valence-electron chi connectivity index (χ2n) is 16.4. The van der Waals surface area contributed by atoms with Crippen molar-refractivity contribution in [3.05, 3.63) is 199 Å². The summed E-state index contributed by atoms with van der Waals surface area (Å²) in [6.45, 7) is 0. The highest BCUT2D eigenvalue weighted by molar-refractivity contribution is 7.25. The lowest BCUT2D eigenvalue weighted by Gasteiger charge is -2.37. The minimum absolute atomic E-state index is 0.0945. The standard InChI is InChI=1S/C55H41NS/c1-2-14-37(15-3-1)41-16-4-5-17-42(41)43-18-6-7-19-44(43)47-21-9-12-24-52(47)56(39-29-31-54-49(33-39)48-22-10-13-25-53(48)57-54)40-28-30-46-45-20-8-11-23-50(45)55(51(46)34-40)35-36-26-27-38(55)32-36/h1-25,28-31,33-34,36,38H,26-27,32,35H2. The molecule has 1 spiro atoms. The van der Waals surface area contributed by atoms with Gasteiger partial charge in [-0.15, -0.1) is 11.3 Å². The highest BCUT2D eigenvalue weighted by Gasteiger charge is 2.56. The first-order chi connectivity index (χ1) is 28.2. The average Bonchev–Trinajstić information content (AvgIpc) is 4.06. The first-order valence-corrected chi connectivity index (χ1v) is 21.4. The Morgan fingerprint density at radius 3 is 1.82 bits per heavy atom. The minimum atomic E-state index is 0.0945. The summed E-state index contributed by atoms with van der Waals surface area (Å²) in [7, 11) is 0. The molecule has 2 fully saturated rings. The number of hydrogen-bond donors (Lipinski definition) is 0. The molecule has 57 heavy (non-hydrogen) atoms. The van der Waals surface area contributed by atoms with Crippen LogP contribution in [0.15, 0.2) is 188 Å². The van der Waals surface area contributed by atoms with E-state index in [2.05, 4.69) is 193 Å². The Morgan fingerprint density at radius 2 is 1.04 bits per heavy atom. The molecule has 0 saturated heterocycles. The van der Waals surface area contributed by atoms with Gasteiger partial charge in [0.15, 0.2) is 0 Å². The Bertz CT molecular complexity index is 3010. The largest absolute Gasteiger partial charge is 0.310 e. The number of fused-ring (bicyclic) bond motifs is 11. The van der Waals surface area contributed by atoms with E-state index in [1.807, 2.05) is 11.3 Å². The fraction of sp³-hybridized carbons (Fsp3) is 0.127. The van der Waals surface area contributed by atoms with Gasteiger partial charge < -0.3 is 4.90 Å². The van der Waals surface area contributed by atoms with Gasteiger partial charge in [-0.2, -0.15) is 0 Å². The van der Waals surface area contributed by atoms with Gasteiger partial charge in [0.05, 0.1) is 5.69 Å². The molecule has 0 radical (unpaired) electrons. The molecule has 0 aliphatic heterocycles. The van der Waals surface area contributed by atoms with Gasteiger partial charge >= 0.3 is 0 Å². The number of rotatable bonds is 6. The number of nitrogens with zero attached hydrogens (tertiary/aromatic N) is 1. The molecular formula is C55H41NS. The van der Waals surface area contributed by atoms with Crippen LogP contribution < -0.4 is 4.90 Å². The molecule has 3 atom stereocenters. The van der Waals surface area contributed by atoms with Crippen LogP contribution in [0, 0.1) is 11.8 Å². The molecule has 8 aromatic carbocycles. The number of anilines is 3. The van der Waals surface area contributed by atoms with E-state index in [0.29, 0.717) is 5.92 Å². The summed E-state index contributed by atoms with van der Waals surface area (Å²) in [4.78, 5) is 2.56. The monoisotopic (exact) mass is 747 g/mol. The Morgan fingerprint density at radius 1 is 0.439 bits per heavy atom. The maximum absolute atomic E-state index is 2.60. The summed E-state index contributed by atoms with van der Waals surface area (Å²) in [5, 5.41) is 2.63. The first-order valence-electron chi connectivity index (χ1n) is 20.5. The fourth-order valence-electron chi connectivity index (χ4n) is 11.2. The van der Waals surface area contributed by atoms with Crippen LogP contribution in [-0.2, 0) is 5.41 Å². The van der Waals surface area contributed by atoms with Gasteiger partial charge in [0.25, 0.3) is 0 Å². The van der Waals surface area contributed by atoms with Crippen molar-refractivity contribution in [1.29, 1.82) is 0 Å². The van der Waals surface area contributed by atoms with Gasteiger partial charge in [0, 0.05) is 42.5 Å². The van der Waals surface area contributed by atoms with Crippen molar-refractivity contribution in [3.8, 4) is 44.5 Å². The van der Waals surface area contributed by atoms with E-state index in [1.165, 1.54) is 113 Å². The smallest absolute Gasteiger partial charge is 0.0540 e. The van der Waals surface area contributed by atoms with E-state index >= 15 is 0 Å². The van der Waals surface area contributed by atoms with Crippen LogP contribution in [0.1, 0.15) is 36.8 Å². The Labute approximate surface area is 338 Å². The van der Waals surface area contributed by atoms with Gasteiger partial charge in [0.2, 0.25) is 0 Å². The molecule has 2 heteroatoms. The second kappa shape index (κ2) is 12.9.